The molecule has 1 aromatic rings. The average molecular weight is 445 g/mol. The van der Waals surface area contributed by atoms with Crippen LogP contribution in [0, 0.1) is 5.41 Å². The fourth-order valence-corrected chi connectivity index (χ4v) is 4.53. The van der Waals surface area contributed by atoms with Gasteiger partial charge in [-0.1, -0.05) is 33.3 Å². The molecule has 1 aromatic heterocycles. The summed E-state index contributed by atoms with van der Waals surface area (Å²) in [5, 5.41) is 5.62. The van der Waals surface area contributed by atoms with Gasteiger partial charge in [0, 0.05) is 26.7 Å². The number of hydrogen-bond acceptors (Lipinski definition) is 5. The van der Waals surface area contributed by atoms with Crippen molar-refractivity contribution in [1.29, 1.82) is 0 Å². The van der Waals surface area contributed by atoms with Gasteiger partial charge in [-0.15, -0.1) is 0 Å². The third kappa shape index (κ3) is 5.98. The molecule has 0 bridgehead atoms. The van der Waals surface area contributed by atoms with Crippen molar-refractivity contribution in [3.8, 4) is 0 Å². The molecule has 0 saturated carbocycles. The Balaban J connectivity index is 1.86. The minimum Gasteiger partial charge on any atom is -0.357 e. The second kappa shape index (κ2) is 10.6. The number of nitrogens with zero attached hydrogens (tertiary/aromatic N) is 4. The van der Waals surface area contributed by atoms with Crippen molar-refractivity contribution < 1.29 is 9.59 Å². The molecule has 32 heavy (non-hydrogen) atoms. The molecule has 2 aliphatic heterocycles. The molecular formula is C24H40N6O2. The number of amides is 2. The molecule has 2 aliphatic rings. The number of imidazole rings is 1. The predicted octanol–water partition coefficient (Wildman–Crippen LogP) is 2.11. The van der Waals surface area contributed by atoms with Crippen LogP contribution in [-0.2, 0) is 17.9 Å². The number of piperidine rings is 1. The van der Waals surface area contributed by atoms with Crippen molar-refractivity contribution in [2.75, 3.05) is 40.3 Å². The minimum absolute atomic E-state index is 0.199. The van der Waals surface area contributed by atoms with Crippen LogP contribution in [0.2, 0.25) is 0 Å². The number of nitrogens with one attached hydrogen (secondary N) is 2. The quantitative estimate of drug-likeness (QED) is 0.702. The molecule has 0 spiro atoms. The maximum atomic E-state index is 13.3. The van der Waals surface area contributed by atoms with E-state index in [0.717, 1.165) is 50.7 Å². The summed E-state index contributed by atoms with van der Waals surface area (Å²) >= 11 is 0. The molecule has 1 atom stereocenters. The Morgan fingerprint density at radius 3 is 2.47 bits per heavy atom. The smallest absolute Gasteiger partial charge is 0.272 e. The summed E-state index contributed by atoms with van der Waals surface area (Å²) < 4.78 is 2.18. The lowest BCUT2D eigenvalue weighted by Crippen LogP contribution is -2.53. The van der Waals surface area contributed by atoms with Crippen LogP contribution in [0.3, 0.4) is 0 Å². The number of rotatable bonds is 6. The van der Waals surface area contributed by atoms with Gasteiger partial charge >= 0.3 is 0 Å². The fraction of sp³-hybridized carbons (Fsp3) is 0.708. The van der Waals surface area contributed by atoms with Gasteiger partial charge in [0.1, 0.15) is 11.9 Å². The van der Waals surface area contributed by atoms with Crippen LogP contribution >= 0.6 is 0 Å². The van der Waals surface area contributed by atoms with Crippen molar-refractivity contribution in [2.45, 2.75) is 65.6 Å². The van der Waals surface area contributed by atoms with E-state index in [1.54, 1.807) is 7.05 Å². The summed E-state index contributed by atoms with van der Waals surface area (Å²) in [5.74, 6) is 0.336. The van der Waals surface area contributed by atoms with E-state index in [1.165, 1.54) is 19.3 Å². The number of carbonyl (C=O) groups is 2. The van der Waals surface area contributed by atoms with Crippen LogP contribution in [0.25, 0.3) is 6.08 Å². The largest absolute Gasteiger partial charge is 0.357 e. The Morgan fingerprint density at radius 2 is 1.81 bits per heavy atom. The van der Waals surface area contributed by atoms with Crippen LogP contribution in [0.5, 0.6) is 0 Å². The molecule has 3 rings (SSSR count). The first-order valence-electron chi connectivity index (χ1n) is 11.9. The number of carbonyl (C=O) groups excluding carboxylic acids is 2. The Kier molecular flexibility index (Phi) is 8.11. The van der Waals surface area contributed by atoms with Gasteiger partial charge in [0.2, 0.25) is 5.91 Å². The number of hydrogen-bond donors (Lipinski definition) is 2. The standard InChI is InChI=1S/C24H40N6O2/c1-24(2,3)21(23(32)25-4)27-22(31)20-18-17-28(5)12-10-16-30(18)19(26-20)11-9-15-29-13-7-6-8-14-29/h9,11,21H,6-8,10,12-17H2,1-5H3,(H,25,32)(H,27,31)/t21-/m1/s1. The summed E-state index contributed by atoms with van der Waals surface area (Å²) in [6, 6.07) is -0.640. The molecule has 0 aliphatic carbocycles. The van der Waals surface area contributed by atoms with E-state index in [2.05, 4.69) is 44.2 Å². The monoisotopic (exact) mass is 444 g/mol. The zero-order chi connectivity index (χ0) is 23.3. The van der Waals surface area contributed by atoms with E-state index < -0.39 is 11.5 Å². The van der Waals surface area contributed by atoms with Crippen LogP contribution in [-0.4, -0.2) is 77.5 Å². The molecule has 8 heteroatoms. The first-order valence-corrected chi connectivity index (χ1v) is 11.9. The van der Waals surface area contributed by atoms with E-state index in [-0.39, 0.29) is 11.8 Å². The molecule has 8 nitrogen and oxygen atoms in total. The third-order valence-electron chi connectivity index (χ3n) is 6.39. The van der Waals surface area contributed by atoms with Gasteiger partial charge in [-0.3, -0.25) is 14.5 Å². The van der Waals surface area contributed by atoms with Gasteiger partial charge in [0.05, 0.1) is 5.69 Å². The molecule has 1 saturated heterocycles. The van der Waals surface area contributed by atoms with E-state index in [0.29, 0.717) is 12.2 Å². The van der Waals surface area contributed by atoms with Gasteiger partial charge in [-0.25, -0.2) is 4.98 Å². The predicted molar refractivity (Wildman–Crippen MR) is 127 cm³/mol. The van der Waals surface area contributed by atoms with Crippen molar-refractivity contribution in [1.82, 2.24) is 30.0 Å². The lowest BCUT2D eigenvalue weighted by atomic mass is 9.86. The first-order chi connectivity index (χ1) is 15.2. The Labute approximate surface area is 192 Å². The SMILES string of the molecule is CNC(=O)[C@@H](NC(=O)c1nc(C=CCN2CCCCC2)n2c1CN(C)CCC2)C(C)(C)C. The van der Waals surface area contributed by atoms with Gasteiger partial charge in [-0.05, 0) is 57.4 Å². The van der Waals surface area contributed by atoms with Gasteiger partial charge < -0.3 is 20.1 Å². The molecule has 178 valence electrons. The molecule has 0 aromatic carbocycles. The van der Waals surface area contributed by atoms with Crippen LogP contribution in [0.4, 0.5) is 0 Å². The highest BCUT2D eigenvalue weighted by Gasteiger charge is 2.34. The summed E-state index contributed by atoms with van der Waals surface area (Å²) in [5.41, 5.74) is 0.930. The van der Waals surface area contributed by atoms with Gasteiger partial charge in [-0.2, -0.15) is 0 Å². The lowest BCUT2D eigenvalue weighted by Gasteiger charge is -2.29. The summed E-state index contributed by atoms with van der Waals surface area (Å²) in [4.78, 5) is 35.2. The third-order valence-corrected chi connectivity index (χ3v) is 6.39. The number of fused-ring (bicyclic) bond motifs is 1. The van der Waals surface area contributed by atoms with E-state index in [1.807, 2.05) is 20.8 Å². The van der Waals surface area contributed by atoms with Crippen molar-refractivity contribution in [3.05, 3.63) is 23.3 Å². The van der Waals surface area contributed by atoms with E-state index in [9.17, 15) is 9.59 Å². The van der Waals surface area contributed by atoms with Crippen LogP contribution in [0.1, 0.15) is 68.5 Å². The number of likely N-dealkylation sites (N-methyl/N-ethyl adjacent to an activating group) is 1. The second-order valence-electron chi connectivity index (χ2n) is 10.2. The van der Waals surface area contributed by atoms with Crippen molar-refractivity contribution in [2.24, 2.45) is 5.41 Å². The van der Waals surface area contributed by atoms with E-state index >= 15 is 0 Å². The molecule has 1 fully saturated rings. The lowest BCUT2D eigenvalue weighted by molar-refractivity contribution is -0.124. The Hall–Kier alpha value is -2.19. The highest BCUT2D eigenvalue weighted by Crippen LogP contribution is 2.23. The fourth-order valence-electron chi connectivity index (χ4n) is 4.53. The summed E-state index contributed by atoms with van der Waals surface area (Å²) in [6.45, 7) is 11.5. The first kappa shape index (κ1) is 24.5. The molecule has 2 N–H and O–H groups in total. The summed E-state index contributed by atoms with van der Waals surface area (Å²) in [6.07, 6.45) is 9.09. The molecular weight excluding hydrogens is 404 g/mol. The zero-order valence-electron chi connectivity index (χ0n) is 20.4. The topological polar surface area (TPSA) is 82.5 Å². The highest BCUT2D eigenvalue weighted by molar-refractivity contribution is 5.97. The molecule has 2 amide bonds. The molecule has 3 heterocycles. The summed E-state index contributed by atoms with van der Waals surface area (Å²) in [7, 11) is 3.66. The maximum Gasteiger partial charge on any atom is 0.272 e. The molecule has 0 unspecified atom stereocenters. The molecule has 0 radical (unpaired) electrons. The van der Waals surface area contributed by atoms with Crippen LogP contribution < -0.4 is 10.6 Å². The Bertz CT molecular complexity index is 832. The zero-order valence-corrected chi connectivity index (χ0v) is 20.4. The van der Waals surface area contributed by atoms with Crippen molar-refractivity contribution >= 4 is 17.9 Å². The minimum atomic E-state index is -0.640. The maximum absolute atomic E-state index is 13.3. The van der Waals surface area contributed by atoms with Gasteiger partial charge in [0.25, 0.3) is 5.91 Å². The van der Waals surface area contributed by atoms with Crippen molar-refractivity contribution in [3.63, 3.8) is 0 Å². The average Bonchev–Trinajstić information content (AvgIpc) is 2.96. The second-order valence-corrected chi connectivity index (χ2v) is 10.2. The van der Waals surface area contributed by atoms with Gasteiger partial charge in [0.15, 0.2) is 5.69 Å². The highest BCUT2D eigenvalue weighted by atomic mass is 16.2. The normalized spacial score (nSPS) is 19.4. The number of likely N-dealkylation sites (tertiary alicyclic amines) is 1. The Morgan fingerprint density at radius 1 is 1.09 bits per heavy atom. The van der Waals surface area contributed by atoms with E-state index in [4.69, 9.17) is 4.98 Å². The number of aromatic nitrogens is 2. The van der Waals surface area contributed by atoms with Crippen LogP contribution in [0.15, 0.2) is 6.08 Å².